The van der Waals surface area contributed by atoms with Crippen LogP contribution in [0.4, 0.5) is 5.69 Å². The summed E-state index contributed by atoms with van der Waals surface area (Å²) in [5.41, 5.74) is 2.27. The number of benzene rings is 3. The van der Waals surface area contributed by atoms with E-state index in [1.165, 1.54) is 24.3 Å². The van der Waals surface area contributed by atoms with Crippen LogP contribution >= 0.6 is 0 Å². The SMILES string of the molecule is NS(=O)(=O)c1ccccc1NS(=O)(=O)CCc1ccc(C#Cc2ccccc2)cc1OCC1CCOCC1. The van der Waals surface area contributed by atoms with Gasteiger partial charge in [-0.15, -0.1) is 0 Å². The van der Waals surface area contributed by atoms with Gasteiger partial charge in [0.1, 0.15) is 10.6 Å². The molecule has 0 bridgehead atoms. The highest BCUT2D eigenvalue weighted by Gasteiger charge is 2.20. The average Bonchev–Trinajstić information content (AvgIpc) is 2.91. The molecule has 10 heteroatoms. The molecule has 1 saturated heterocycles. The molecule has 1 fully saturated rings. The van der Waals surface area contributed by atoms with E-state index in [1.54, 1.807) is 0 Å². The van der Waals surface area contributed by atoms with Crippen LogP contribution in [-0.2, 0) is 31.2 Å². The number of ether oxygens (including phenoxy) is 2. The Bertz CT molecular complexity index is 1520. The van der Waals surface area contributed by atoms with E-state index in [9.17, 15) is 16.8 Å². The van der Waals surface area contributed by atoms with Crippen LogP contribution in [0.3, 0.4) is 0 Å². The monoisotopic (exact) mass is 554 g/mol. The van der Waals surface area contributed by atoms with Gasteiger partial charge in [0.2, 0.25) is 20.0 Å². The van der Waals surface area contributed by atoms with Crippen LogP contribution in [0.25, 0.3) is 0 Å². The van der Waals surface area contributed by atoms with Crippen molar-refractivity contribution < 1.29 is 26.3 Å². The number of anilines is 1. The van der Waals surface area contributed by atoms with E-state index < -0.39 is 20.0 Å². The molecular formula is C28H30N2O6S2. The first kappa shape index (κ1) is 27.7. The van der Waals surface area contributed by atoms with Gasteiger partial charge in [-0.2, -0.15) is 0 Å². The minimum Gasteiger partial charge on any atom is -0.493 e. The molecule has 8 nitrogen and oxygen atoms in total. The maximum atomic E-state index is 12.9. The van der Waals surface area contributed by atoms with Crippen molar-refractivity contribution in [1.82, 2.24) is 0 Å². The summed E-state index contributed by atoms with van der Waals surface area (Å²) in [5, 5.41) is 5.23. The Hall–Kier alpha value is -3.36. The predicted molar refractivity (Wildman–Crippen MR) is 147 cm³/mol. The third-order valence-electron chi connectivity index (χ3n) is 6.11. The van der Waals surface area contributed by atoms with E-state index in [2.05, 4.69) is 16.6 Å². The maximum Gasteiger partial charge on any atom is 0.240 e. The third-order valence-corrected chi connectivity index (χ3v) is 8.35. The van der Waals surface area contributed by atoms with Crippen LogP contribution in [0, 0.1) is 17.8 Å². The molecular weight excluding hydrogens is 524 g/mol. The fraction of sp³-hybridized carbons (Fsp3) is 0.286. The van der Waals surface area contributed by atoms with E-state index in [4.69, 9.17) is 14.6 Å². The number of para-hydroxylation sites is 1. The van der Waals surface area contributed by atoms with Crippen LogP contribution in [0.5, 0.6) is 5.75 Å². The minimum absolute atomic E-state index is 0.0856. The fourth-order valence-corrected chi connectivity index (χ4v) is 5.88. The minimum atomic E-state index is -4.10. The molecule has 1 heterocycles. The van der Waals surface area contributed by atoms with Crippen LogP contribution in [0.1, 0.15) is 29.5 Å². The molecule has 3 N–H and O–H groups in total. The predicted octanol–water partition coefficient (Wildman–Crippen LogP) is 3.52. The smallest absolute Gasteiger partial charge is 0.240 e. The molecule has 0 unspecified atom stereocenters. The summed E-state index contributed by atoms with van der Waals surface area (Å²) in [5.74, 6) is 6.92. The molecule has 0 radical (unpaired) electrons. The van der Waals surface area contributed by atoms with Gasteiger partial charge in [0, 0.05) is 24.3 Å². The molecule has 38 heavy (non-hydrogen) atoms. The van der Waals surface area contributed by atoms with Gasteiger partial charge in [0.15, 0.2) is 0 Å². The number of hydrogen-bond donors (Lipinski definition) is 2. The van der Waals surface area contributed by atoms with E-state index in [1.807, 2.05) is 48.5 Å². The standard InChI is InChI=1S/C28H30N2O6S2/c29-38(33,34)28-9-5-4-8-26(28)30-37(31,32)19-16-25-13-12-23(11-10-22-6-2-1-3-7-22)20-27(25)36-21-24-14-17-35-18-15-24/h1-9,12-13,20,24,30H,14-19,21H2,(H2,29,33,34). The van der Waals surface area contributed by atoms with Gasteiger partial charge < -0.3 is 9.47 Å². The first-order valence-electron chi connectivity index (χ1n) is 12.2. The first-order chi connectivity index (χ1) is 18.2. The molecule has 1 aliphatic rings. The highest BCUT2D eigenvalue weighted by Crippen LogP contribution is 2.25. The lowest BCUT2D eigenvalue weighted by Gasteiger charge is -2.23. The largest absolute Gasteiger partial charge is 0.493 e. The number of rotatable bonds is 9. The second-order valence-corrected chi connectivity index (χ2v) is 12.4. The zero-order valence-electron chi connectivity index (χ0n) is 20.8. The molecule has 4 rings (SSSR count). The van der Waals surface area contributed by atoms with Crippen molar-refractivity contribution in [2.24, 2.45) is 11.1 Å². The average molecular weight is 555 g/mol. The van der Waals surface area contributed by atoms with Gasteiger partial charge in [-0.05, 0) is 67.1 Å². The van der Waals surface area contributed by atoms with E-state index in [0.717, 1.165) is 24.0 Å². The zero-order valence-corrected chi connectivity index (χ0v) is 22.4. The van der Waals surface area contributed by atoms with Gasteiger partial charge in [-0.3, -0.25) is 4.72 Å². The molecule has 0 aromatic heterocycles. The highest BCUT2D eigenvalue weighted by atomic mass is 32.2. The number of sulfonamides is 2. The normalized spacial score (nSPS) is 14.3. The van der Waals surface area contributed by atoms with Crippen LogP contribution in [0.15, 0.2) is 77.7 Å². The number of hydrogen-bond acceptors (Lipinski definition) is 6. The lowest BCUT2D eigenvalue weighted by atomic mass is 10.0. The molecule has 0 amide bonds. The summed E-state index contributed by atoms with van der Waals surface area (Å²) in [6, 6.07) is 20.7. The molecule has 0 aliphatic carbocycles. The quantitative estimate of drug-likeness (QED) is 0.390. The third kappa shape index (κ3) is 8.07. The van der Waals surface area contributed by atoms with Crippen molar-refractivity contribution in [3.05, 3.63) is 89.5 Å². The Kier molecular flexibility index (Phi) is 9.07. The topological polar surface area (TPSA) is 125 Å². The maximum absolute atomic E-state index is 12.9. The summed E-state index contributed by atoms with van der Waals surface area (Å²) in [6.45, 7) is 1.90. The Morgan fingerprint density at radius 1 is 0.895 bits per heavy atom. The summed E-state index contributed by atoms with van der Waals surface area (Å²) >= 11 is 0. The Labute approximate surface area is 224 Å². The van der Waals surface area contributed by atoms with Crippen molar-refractivity contribution in [3.8, 4) is 17.6 Å². The fourth-order valence-electron chi connectivity index (χ4n) is 4.02. The summed E-state index contributed by atoms with van der Waals surface area (Å²) in [7, 11) is -7.99. The molecule has 0 saturated carbocycles. The van der Waals surface area contributed by atoms with Crippen molar-refractivity contribution in [3.63, 3.8) is 0 Å². The lowest BCUT2D eigenvalue weighted by Crippen LogP contribution is -2.23. The van der Waals surface area contributed by atoms with E-state index >= 15 is 0 Å². The van der Waals surface area contributed by atoms with Crippen LogP contribution < -0.4 is 14.6 Å². The molecule has 0 atom stereocenters. The summed E-state index contributed by atoms with van der Waals surface area (Å²) in [6.07, 6.45) is 1.97. The number of nitrogens with one attached hydrogen (secondary N) is 1. The molecule has 0 spiro atoms. The Balaban J connectivity index is 1.52. The van der Waals surface area contributed by atoms with Gasteiger partial charge in [-0.1, -0.05) is 48.2 Å². The summed E-state index contributed by atoms with van der Waals surface area (Å²) < 4.78 is 63.4. The van der Waals surface area contributed by atoms with Crippen LogP contribution in [0.2, 0.25) is 0 Å². The Morgan fingerprint density at radius 2 is 1.58 bits per heavy atom. The van der Waals surface area contributed by atoms with Gasteiger partial charge in [-0.25, -0.2) is 22.0 Å². The number of aryl methyl sites for hydroxylation is 1. The number of primary sulfonamides is 1. The van der Waals surface area contributed by atoms with Crippen molar-refractivity contribution in [2.45, 2.75) is 24.2 Å². The first-order valence-corrected chi connectivity index (χ1v) is 15.4. The highest BCUT2D eigenvalue weighted by molar-refractivity contribution is 7.93. The van der Waals surface area contributed by atoms with Gasteiger partial charge >= 0.3 is 0 Å². The van der Waals surface area contributed by atoms with Crippen molar-refractivity contribution >= 4 is 25.7 Å². The van der Waals surface area contributed by atoms with E-state index in [-0.39, 0.29) is 22.8 Å². The lowest BCUT2D eigenvalue weighted by molar-refractivity contribution is 0.0496. The second-order valence-electron chi connectivity index (χ2n) is 9.02. The molecule has 3 aromatic carbocycles. The van der Waals surface area contributed by atoms with Crippen LogP contribution in [-0.4, -0.2) is 42.4 Å². The van der Waals surface area contributed by atoms with Gasteiger partial charge in [0.05, 0.1) is 18.0 Å². The van der Waals surface area contributed by atoms with Crippen molar-refractivity contribution in [2.75, 3.05) is 30.3 Å². The van der Waals surface area contributed by atoms with Crippen molar-refractivity contribution in [1.29, 1.82) is 0 Å². The second kappa shape index (κ2) is 12.5. The molecule has 3 aromatic rings. The molecule has 200 valence electrons. The summed E-state index contributed by atoms with van der Waals surface area (Å²) in [4.78, 5) is -0.287. The Morgan fingerprint density at radius 3 is 2.32 bits per heavy atom. The van der Waals surface area contributed by atoms with Gasteiger partial charge in [0.25, 0.3) is 0 Å². The van der Waals surface area contributed by atoms with E-state index in [0.29, 0.717) is 37.1 Å². The zero-order chi connectivity index (χ0) is 27.0. The number of nitrogens with two attached hydrogens (primary N) is 1. The molecule has 1 aliphatic heterocycles.